The van der Waals surface area contributed by atoms with E-state index in [-0.39, 0.29) is 24.8 Å². The fourth-order valence-corrected chi connectivity index (χ4v) is 3.96. The number of halogens is 1. The SMILES string of the molecule is O=C(CN1C(=O)NC2(CCCc3ccccc32)C1=O)NCc1ccc(F)cc1. The third kappa shape index (κ3) is 3.13. The number of hydrogen-bond donors (Lipinski definition) is 2. The molecule has 1 heterocycles. The molecule has 7 heteroatoms. The van der Waals surface area contributed by atoms with E-state index in [0.717, 1.165) is 34.4 Å². The molecule has 2 aliphatic rings. The monoisotopic (exact) mass is 381 g/mol. The van der Waals surface area contributed by atoms with E-state index < -0.39 is 17.5 Å². The first-order valence-corrected chi connectivity index (χ1v) is 9.23. The number of nitrogens with one attached hydrogen (secondary N) is 2. The van der Waals surface area contributed by atoms with Gasteiger partial charge in [-0.05, 0) is 48.1 Å². The summed E-state index contributed by atoms with van der Waals surface area (Å²) in [5, 5.41) is 5.49. The van der Waals surface area contributed by atoms with Crippen molar-refractivity contribution in [2.45, 2.75) is 31.3 Å². The summed E-state index contributed by atoms with van der Waals surface area (Å²) in [7, 11) is 0. The van der Waals surface area contributed by atoms with E-state index in [1.807, 2.05) is 24.3 Å². The largest absolute Gasteiger partial charge is 0.350 e. The zero-order valence-corrected chi connectivity index (χ0v) is 15.2. The lowest BCUT2D eigenvalue weighted by molar-refractivity contribution is -0.135. The molecular weight excluding hydrogens is 361 g/mol. The summed E-state index contributed by atoms with van der Waals surface area (Å²) < 4.78 is 12.9. The molecule has 2 aromatic carbocycles. The number of aryl methyl sites for hydroxylation is 1. The van der Waals surface area contributed by atoms with Gasteiger partial charge >= 0.3 is 6.03 Å². The van der Waals surface area contributed by atoms with Gasteiger partial charge in [0.2, 0.25) is 5.91 Å². The van der Waals surface area contributed by atoms with Crippen molar-refractivity contribution in [1.29, 1.82) is 0 Å². The van der Waals surface area contributed by atoms with Crippen LogP contribution in [-0.2, 0) is 28.1 Å². The Balaban J connectivity index is 1.46. The maximum Gasteiger partial charge on any atom is 0.325 e. The Morgan fingerprint density at radius 3 is 2.68 bits per heavy atom. The zero-order chi connectivity index (χ0) is 19.7. The van der Waals surface area contributed by atoms with Gasteiger partial charge in [0.1, 0.15) is 17.9 Å². The first kappa shape index (κ1) is 18.2. The van der Waals surface area contributed by atoms with Gasteiger partial charge in [-0.2, -0.15) is 0 Å². The third-order valence-electron chi connectivity index (χ3n) is 5.36. The molecule has 1 saturated heterocycles. The zero-order valence-electron chi connectivity index (χ0n) is 15.2. The minimum absolute atomic E-state index is 0.191. The molecule has 144 valence electrons. The fourth-order valence-electron chi connectivity index (χ4n) is 3.96. The summed E-state index contributed by atoms with van der Waals surface area (Å²) in [6.45, 7) is -0.160. The molecule has 2 N–H and O–H groups in total. The van der Waals surface area contributed by atoms with Crippen molar-refractivity contribution < 1.29 is 18.8 Å². The predicted molar refractivity (Wildman–Crippen MR) is 99.5 cm³/mol. The van der Waals surface area contributed by atoms with Gasteiger partial charge < -0.3 is 10.6 Å². The highest BCUT2D eigenvalue weighted by molar-refractivity contribution is 6.09. The second-order valence-corrected chi connectivity index (χ2v) is 7.14. The smallest absolute Gasteiger partial charge is 0.325 e. The third-order valence-corrected chi connectivity index (χ3v) is 5.36. The summed E-state index contributed by atoms with van der Waals surface area (Å²) >= 11 is 0. The van der Waals surface area contributed by atoms with Crippen molar-refractivity contribution in [2.75, 3.05) is 6.54 Å². The Labute approximate surface area is 161 Å². The van der Waals surface area contributed by atoms with Crippen molar-refractivity contribution >= 4 is 17.8 Å². The number of nitrogens with zero attached hydrogens (tertiary/aromatic N) is 1. The summed E-state index contributed by atoms with van der Waals surface area (Å²) in [5.74, 6) is -1.19. The normalized spacial score (nSPS) is 20.8. The summed E-state index contributed by atoms with van der Waals surface area (Å²) in [6.07, 6.45) is 2.16. The summed E-state index contributed by atoms with van der Waals surface area (Å²) in [6, 6.07) is 12.8. The number of imide groups is 1. The van der Waals surface area contributed by atoms with Crippen LogP contribution in [0.5, 0.6) is 0 Å². The van der Waals surface area contributed by atoms with Crippen LogP contribution in [0, 0.1) is 5.82 Å². The average Bonchev–Trinajstić information content (AvgIpc) is 2.93. The van der Waals surface area contributed by atoms with Crippen LogP contribution in [0.15, 0.2) is 48.5 Å². The Kier molecular flexibility index (Phi) is 4.58. The lowest BCUT2D eigenvalue weighted by Crippen LogP contribution is -2.47. The Morgan fingerprint density at radius 1 is 1.14 bits per heavy atom. The van der Waals surface area contributed by atoms with Crippen LogP contribution < -0.4 is 10.6 Å². The molecule has 6 nitrogen and oxygen atoms in total. The highest BCUT2D eigenvalue weighted by Gasteiger charge is 2.54. The van der Waals surface area contributed by atoms with Crippen LogP contribution in [0.25, 0.3) is 0 Å². The van der Waals surface area contributed by atoms with Crippen LogP contribution in [0.3, 0.4) is 0 Å². The quantitative estimate of drug-likeness (QED) is 0.798. The Bertz CT molecular complexity index is 944. The molecule has 1 spiro atoms. The number of benzene rings is 2. The van der Waals surface area contributed by atoms with Crippen LogP contribution in [0.1, 0.15) is 29.5 Å². The van der Waals surface area contributed by atoms with Gasteiger partial charge in [0.25, 0.3) is 5.91 Å². The van der Waals surface area contributed by atoms with Crippen LogP contribution >= 0.6 is 0 Å². The number of fused-ring (bicyclic) bond motifs is 2. The molecule has 2 aromatic rings. The van der Waals surface area contributed by atoms with Crippen LogP contribution in [0.4, 0.5) is 9.18 Å². The topological polar surface area (TPSA) is 78.5 Å². The number of amides is 4. The van der Waals surface area contributed by atoms with E-state index in [1.165, 1.54) is 12.1 Å². The molecule has 1 unspecified atom stereocenters. The maximum atomic E-state index is 13.1. The Hall–Kier alpha value is -3.22. The van der Waals surface area contributed by atoms with Gasteiger partial charge in [-0.3, -0.25) is 14.5 Å². The highest BCUT2D eigenvalue weighted by Crippen LogP contribution is 2.39. The van der Waals surface area contributed by atoms with E-state index in [0.29, 0.717) is 6.42 Å². The molecule has 0 saturated carbocycles. The van der Waals surface area contributed by atoms with Gasteiger partial charge in [-0.25, -0.2) is 9.18 Å². The van der Waals surface area contributed by atoms with Crippen molar-refractivity contribution in [3.8, 4) is 0 Å². The average molecular weight is 381 g/mol. The van der Waals surface area contributed by atoms with Gasteiger partial charge in [0.05, 0.1) is 0 Å². The highest BCUT2D eigenvalue weighted by atomic mass is 19.1. The standard InChI is InChI=1S/C21H20FN3O3/c22-16-9-7-14(8-10-16)12-23-18(26)13-25-19(27)21(24-20(25)28)11-3-5-15-4-1-2-6-17(15)21/h1-2,4,6-10H,3,5,11-13H2,(H,23,26)(H,24,28). The van der Waals surface area contributed by atoms with Gasteiger partial charge in [-0.15, -0.1) is 0 Å². The molecule has 0 radical (unpaired) electrons. The maximum absolute atomic E-state index is 13.1. The molecule has 4 rings (SSSR count). The number of hydrogen-bond acceptors (Lipinski definition) is 3. The van der Waals surface area contributed by atoms with Crippen molar-refractivity contribution in [1.82, 2.24) is 15.5 Å². The lowest BCUT2D eigenvalue weighted by Gasteiger charge is -2.33. The van der Waals surface area contributed by atoms with Gasteiger partial charge in [-0.1, -0.05) is 36.4 Å². The van der Waals surface area contributed by atoms with Crippen molar-refractivity contribution in [2.24, 2.45) is 0 Å². The van der Waals surface area contributed by atoms with E-state index in [1.54, 1.807) is 12.1 Å². The molecule has 0 bridgehead atoms. The summed E-state index contributed by atoms with van der Waals surface area (Å²) in [4.78, 5) is 38.9. The molecule has 0 aromatic heterocycles. The first-order valence-electron chi connectivity index (χ1n) is 9.23. The van der Waals surface area contributed by atoms with Crippen molar-refractivity contribution in [3.05, 3.63) is 71.0 Å². The van der Waals surface area contributed by atoms with Crippen LogP contribution in [0.2, 0.25) is 0 Å². The number of carbonyl (C=O) groups excluding carboxylic acids is 3. The molecule has 1 fully saturated rings. The fraction of sp³-hybridized carbons (Fsp3) is 0.286. The van der Waals surface area contributed by atoms with E-state index >= 15 is 0 Å². The molecule has 1 aliphatic carbocycles. The molecule has 28 heavy (non-hydrogen) atoms. The number of rotatable bonds is 4. The second kappa shape index (κ2) is 7.07. The lowest BCUT2D eigenvalue weighted by atomic mass is 9.76. The molecule has 1 aliphatic heterocycles. The molecular formula is C21H20FN3O3. The summed E-state index contributed by atoms with van der Waals surface area (Å²) in [5.41, 5.74) is 1.51. The Morgan fingerprint density at radius 2 is 1.89 bits per heavy atom. The minimum atomic E-state index is -1.08. The number of urea groups is 1. The molecule has 1 atom stereocenters. The van der Waals surface area contributed by atoms with Gasteiger partial charge in [0.15, 0.2) is 0 Å². The number of carbonyl (C=O) groups is 3. The van der Waals surface area contributed by atoms with E-state index in [4.69, 9.17) is 0 Å². The minimum Gasteiger partial charge on any atom is -0.350 e. The van der Waals surface area contributed by atoms with E-state index in [9.17, 15) is 18.8 Å². The predicted octanol–water partition coefficient (Wildman–Crippen LogP) is 2.23. The van der Waals surface area contributed by atoms with Crippen LogP contribution in [-0.4, -0.2) is 29.3 Å². The molecule has 4 amide bonds. The second-order valence-electron chi connectivity index (χ2n) is 7.14. The first-order chi connectivity index (χ1) is 13.5. The van der Waals surface area contributed by atoms with E-state index in [2.05, 4.69) is 10.6 Å². The van der Waals surface area contributed by atoms with Gasteiger partial charge in [0, 0.05) is 6.54 Å². The van der Waals surface area contributed by atoms with Crippen molar-refractivity contribution in [3.63, 3.8) is 0 Å².